The SMILES string of the molecule is COC(=O)c1ccc(C(C)NC(=O)c2cc(Cl)ccc2Oc2cccc(OC)c2)cc1. The van der Waals surface area contributed by atoms with E-state index in [4.69, 9.17) is 25.8 Å². The smallest absolute Gasteiger partial charge is 0.337 e. The molecule has 0 radical (unpaired) electrons. The van der Waals surface area contributed by atoms with Crippen molar-refractivity contribution >= 4 is 23.5 Å². The number of carbonyl (C=O) groups is 2. The molecule has 31 heavy (non-hydrogen) atoms. The second-order valence-electron chi connectivity index (χ2n) is 6.73. The minimum absolute atomic E-state index is 0.299. The fourth-order valence-electron chi connectivity index (χ4n) is 2.94. The van der Waals surface area contributed by atoms with Crippen LogP contribution in [0.1, 0.15) is 39.2 Å². The van der Waals surface area contributed by atoms with Crippen molar-refractivity contribution in [3.63, 3.8) is 0 Å². The first-order valence-electron chi connectivity index (χ1n) is 9.52. The average Bonchev–Trinajstić information content (AvgIpc) is 2.79. The lowest BCUT2D eigenvalue weighted by molar-refractivity contribution is 0.0600. The maximum absolute atomic E-state index is 13.0. The molecule has 7 heteroatoms. The summed E-state index contributed by atoms with van der Waals surface area (Å²) in [6.07, 6.45) is 0. The fourth-order valence-corrected chi connectivity index (χ4v) is 3.12. The number of amides is 1. The van der Waals surface area contributed by atoms with Crippen molar-refractivity contribution in [1.82, 2.24) is 5.32 Å². The molecule has 1 amide bonds. The highest BCUT2D eigenvalue weighted by Crippen LogP contribution is 2.30. The average molecular weight is 440 g/mol. The minimum atomic E-state index is -0.415. The van der Waals surface area contributed by atoms with Crippen LogP contribution in [0.25, 0.3) is 0 Å². The van der Waals surface area contributed by atoms with E-state index in [1.54, 1.807) is 73.8 Å². The molecule has 1 unspecified atom stereocenters. The molecule has 160 valence electrons. The lowest BCUT2D eigenvalue weighted by Gasteiger charge is -2.17. The van der Waals surface area contributed by atoms with Crippen LogP contribution in [0.3, 0.4) is 0 Å². The molecule has 0 bridgehead atoms. The number of ether oxygens (including phenoxy) is 3. The second kappa shape index (κ2) is 10.00. The monoisotopic (exact) mass is 439 g/mol. The number of methoxy groups -OCH3 is 2. The summed E-state index contributed by atoms with van der Waals surface area (Å²) in [5, 5.41) is 3.35. The lowest BCUT2D eigenvalue weighted by Crippen LogP contribution is -2.27. The zero-order valence-corrected chi connectivity index (χ0v) is 18.1. The zero-order chi connectivity index (χ0) is 22.4. The number of halogens is 1. The highest BCUT2D eigenvalue weighted by molar-refractivity contribution is 6.31. The summed E-state index contributed by atoms with van der Waals surface area (Å²) in [6, 6.07) is 18.5. The Bertz CT molecular complexity index is 1080. The van der Waals surface area contributed by atoms with Gasteiger partial charge >= 0.3 is 5.97 Å². The minimum Gasteiger partial charge on any atom is -0.497 e. The third kappa shape index (κ3) is 5.55. The third-order valence-corrected chi connectivity index (χ3v) is 4.87. The van der Waals surface area contributed by atoms with Gasteiger partial charge in [0.05, 0.1) is 31.4 Å². The number of nitrogens with one attached hydrogen (secondary N) is 1. The normalized spacial score (nSPS) is 11.4. The number of carbonyl (C=O) groups excluding carboxylic acids is 2. The molecule has 6 nitrogen and oxygen atoms in total. The summed E-state index contributed by atoms with van der Waals surface area (Å²) in [6.45, 7) is 1.85. The molecular formula is C24H22ClNO5. The van der Waals surface area contributed by atoms with Crippen molar-refractivity contribution < 1.29 is 23.8 Å². The van der Waals surface area contributed by atoms with Gasteiger partial charge in [-0.15, -0.1) is 0 Å². The van der Waals surface area contributed by atoms with Gasteiger partial charge in [0.25, 0.3) is 5.91 Å². The van der Waals surface area contributed by atoms with Crippen LogP contribution < -0.4 is 14.8 Å². The third-order valence-electron chi connectivity index (χ3n) is 4.63. The van der Waals surface area contributed by atoms with Crippen molar-refractivity contribution in [1.29, 1.82) is 0 Å². The molecule has 3 aromatic carbocycles. The van der Waals surface area contributed by atoms with Crippen LogP contribution >= 0.6 is 11.6 Å². The summed E-state index contributed by atoms with van der Waals surface area (Å²) in [7, 11) is 2.90. The van der Waals surface area contributed by atoms with Crippen LogP contribution in [0, 0.1) is 0 Å². The van der Waals surface area contributed by atoms with Crippen LogP contribution in [0.2, 0.25) is 5.02 Å². The molecule has 3 rings (SSSR count). The van der Waals surface area contributed by atoms with Crippen LogP contribution in [-0.4, -0.2) is 26.1 Å². The Kier molecular flexibility index (Phi) is 7.15. The van der Waals surface area contributed by atoms with Gasteiger partial charge in [-0.1, -0.05) is 29.8 Å². The Morgan fingerprint density at radius 2 is 1.65 bits per heavy atom. The van der Waals surface area contributed by atoms with E-state index < -0.39 is 5.97 Å². The van der Waals surface area contributed by atoms with Gasteiger partial charge in [-0.3, -0.25) is 4.79 Å². The Morgan fingerprint density at radius 3 is 2.32 bits per heavy atom. The molecule has 1 atom stereocenters. The van der Waals surface area contributed by atoms with E-state index >= 15 is 0 Å². The highest BCUT2D eigenvalue weighted by atomic mass is 35.5. The Morgan fingerprint density at radius 1 is 0.935 bits per heavy atom. The first-order valence-corrected chi connectivity index (χ1v) is 9.89. The van der Waals surface area contributed by atoms with E-state index in [0.717, 1.165) is 5.56 Å². The van der Waals surface area contributed by atoms with E-state index in [1.165, 1.54) is 7.11 Å². The molecule has 0 fully saturated rings. The van der Waals surface area contributed by atoms with E-state index in [1.807, 2.05) is 6.92 Å². The maximum Gasteiger partial charge on any atom is 0.337 e. The number of rotatable bonds is 7. The first-order chi connectivity index (χ1) is 14.9. The quantitative estimate of drug-likeness (QED) is 0.497. The molecule has 0 aliphatic carbocycles. The lowest BCUT2D eigenvalue weighted by atomic mass is 10.1. The van der Waals surface area contributed by atoms with Crippen LogP contribution in [0.5, 0.6) is 17.2 Å². The molecule has 3 aromatic rings. The number of benzene rings is 3. The molecule has 0 aliphatic rings. The highest BCUT2D eigenvalue weighted by Gasteiger charge is 2.18. The largest absolute Gasteiger partial charge is 0.497 e. The summed E-state index contributed by atoms with van der Waals surface area (Å²) in [4.78, 5) is 24.6. The van der Waals surface area contributed by atoms with Gasteiger partial charge in [-0.05, 0) is 55.0 Å². The predicted molar refractivity (Wildman–Crippen MR) is 118 cm³/mol. The zero-order valence-electron chi connectivity index (χ0n) is 17.3. The summed E-state index contributed by atoms with van der Waals surface area (Å²) in [5.74, 6) is 0.776. The molecule has 0 aliphatic heterocycles. The van der Waals surface area contributed by atoms with Gasteiger partial charge in [-0.25, -0.2) is 4.79 Å². The van der Waals surface area contributed by atoms with E-state index in [-0.39, 0.29) is 11.9 Å². The predicted octanol–water partition coefficient (Wildman–Crippen LogP) is 5.42. The summed E-state index contributed by atoms with van der Waals surface area (Å²) < 4.78 is 15.8. The molecule has 0 spiro atoms. The van der Waals surface area contributed by atoms with Gasteiger partial charge in [0.15, 0.2) is 0 Å². The van der Waals surface area contributed by atoms with Crippen LogP contribution in [-0.2, 0) is 4.74 Å². The van der Waals surface area contributed by atoms with Gasteiger partial charge in [0.1, 0.15) is 17.2 Å². The van der Waals surface area contributed by atoms with Crippen molar-refractivity contribution in [3.05, 3.63) is 88.4 Å². The Hall–Kier alpha value is -3.51. The van der Waals surface area contributed by atoms with Crippen molar-refractivity contribution in [2.45, 2.75) is 13.0 Å². The molecule has 1 N–H and O–H groups in total. The van der Waals surface area contributed by atoms with Crippen molar-refractivity contribution in [2.24, 2.45) is 0 Å². The Labute approximate surface area is 185 Å². The fraction of sp³-hybridized carbons (Fsp3) is 0.167. The van der Waals surface area contributed by atoms with E-state index in [2.05, 4.69) is 5.32 Å². The summed E-state index contributed by atoms with van der Waals surface area (Å²) in [5.41, 5.74) is 1.57. The van der Waals surface area contributed by atoms with Gasteiger partial charge in [0, 0.05) is 11.1 Å². The van der Waals surface area contributed by atoms with Gasteiger partial charge < -0.3 is 19.5 Å². The van der Waals surface area contributed by atoms with Crippen LogP contribution in [0.4, 0.5) is 0 Å². The molecular weight excluding hydrogens is 418 g/mol. The number of hydrogen-bond acceptors (Lipinski definition) is 5. The second-order valence-corrected chi connectivity index (χ2v) is 7.17. The Balaban J connectivity index is 1.79. The number of hydrogen-bond donors (Lipinski definition) is 1. The van der Waals surface area contributed by atoms with Crippen molar-refractivity contribution in [2.75, 3.05) is 14.2 Å². The molecule has 0 aromatic heterocycles. The molecule has 0 saturated carbocycles. The van der Waals surface area contributed by atoms with Gasteiger partial charge in [-0.2, -0.15) is 0 Å². The van der Waals surface area contributed by atoms with Crippen molar-refractivity contribution in [3.8, 4) is 17.2 Å². The van der Waals surface area contributed by atoms with E-state index in [9.17, 15) is 9.59 Å². The van der Waals surface area contributed by atoms with Crippen LogP contribution in [0.15, 0.2) is 66.7 Å². The van der Waals surface area contributed by atoms with E-state index in [0.29, 0.717) is 33.4 Å². The molecule has 0 heterocycles. The summed E-state index contributed by atoms with van der Waals surface area (Å²) >= 11 is 6.13. The van der Waals surface area contributed by atoms with Gasteiger partial charge in [0.2, 0.25) is 0 Å². The first kappa shape index (κ1) is 22.2. The maximum atomic E-state index is 13.0. The topological polar surface area (TPSA) is 73.9 Å². The molecule has 0 saturated heterocycles. The number of esters is 1. The standard InChI is InChI=1S/C24H22ClNO5/c1-15(16-7-9-17(10-8-16)24(28)30-3)26-23(27)21-13-18(25)11-12-22(21)31-20-6-4-5-19(14-20)29-2/h4-15H,1-3H3,(H,26,27).